The van der Waals surface area contributed by atoms with Crippen molar-refractivity contribution in [2.45, 2.75) is 6.61 Å². The van der Waals surface area contributed by atoms with Crippen molar-refractivity contribution in [3.63, 3.8) is 0 Å². The fourth-order valence-electron chi connectivity index (χ4n) is 1.78. The van der Waals surface area contributed by atoms with Crippen molar-refractivity contribution in [1.82, 2.24) is 0 Å². The molecule has 2 aromatic carbocycles. The van der Waals surface area contributed by atoms with Crippen LogP contribution in [0.4, 0.5) is 10.5 Å². The fourth-order valence-corrected chi connectivity index (χ4v) is 2.52. The maximum absolute atomic E-state index is 11.8. The van der Waals surface area contributed by atoms with E-state index in [9.17, 15) is 14.7 Å². The summed E-state index contributed by atoms with van der Waals surface area (Å²) in [4.78, 5) is 23.2. The molecule has 0 fully saturated rings. The SMILES string of the molecule is O=C(Nc1c(Cl)cc(Cl)c(Cl)c1C(=O)O)OCc1ccccc1. The molecule has 23 heavy (non-hydrogen) atoms. The van der Waals surface area contributed by atoms with Crippen LogP contribution in [-0.2, 0) is 11.3 Å². The first-order chi connectivity index (χ1) is 10.9. The van der Waals surface area contributed by atoms with Crippen LogP contribution in [0.3, 0.4) is 0 Å². The molecule has 0 aliphatic rings. The minimum absolute atomic E-state index is 0.0218. The van der Waals surface area contributed by atoms with E-state index in [4.69, 9.17) is 39.5 Å². The second-order valence-electron chi connectivity index (χ2n) is 4.40. The normalized spacial score (nSPS) is 10.2. The van der Waals surface area contributed by atoms with E-state index in [-0.39, 0.29) is 27.4 Å². The Balaban J connectivity index is 2.18. The number of nitrogens with one attached hydrogen (secondary N) is 1. The molecule has 2 N–H and O–H groups in total. The van der Waals surface area contributed by atoms with Gasteiger partial charge in [-0.15, -0.1) is 0 Å². The lowest BCUT2D eigenvalue weighted by Gasteiger charge is -2.13. The number of halogens is 3. The lowest BCUT2D eigenvalue weighted by atomic mass is 10.1. The third-order valence-corrected chi connectivity index (χ3v) is 3.91. The van der Waals surface area contributed by atoms with Crippen LogP contribution < -0.4 is 5.32 Å². The van der Waals surface area contributed by atoms with Gasteiger partial charge in [-0.3, -0.25) is 5.32 Å². The molecule has 0 saturated heterocycles. The van der Waals surface area contributed by atoms with E-state index >= 15 is 0 Å². The van der Waals surface area contributed by atoms with Gasteiger partial charge in [-0.2, -0.15) is 0 Å². The molecule has 0 heterocycles. The second-order valence-corrected chi connectivity index (χ2v) is 5.59. The van der Waals surface area contributed by atoms with Crippen LogP contribution in [0, 0.1) is 0 Å². The van der Waals surface area contributed by atoms with Gasteiger partial charge in [-0.05, 0) is 11.6 Å². The number of hydrogen-bond acceptors (Lipinski definition) is 3. The summed E-state index contributed by atoms with van der Waals surface area (Å²) in [6.45, 7) is 0.0218. The summed E-state index contributed by atoms with van der Waals surface area (Å²) in [5, 5.41) is 11.2. The summed E-state index contributed by atoms with van der Waals surface area (Å²) < 4.78 is 5.01. The van der Waals surface area contributed by atoms with Crippen molar-refractivity contribution < 1.29 is 19.4 Å². The number of ether oxygens (including phenoxy) is 1. The average molecular weight is 375 g/mol. The molecule has 0 unspecified atom stereocenters. The van der Waals surface area contributed by atoms with E-state index in [0.29, 0.717) is 0 Å². The van der Waals surface area contributed by atoms with Gasteiger partial charge < -0.3 is 9.84 Å². The van der Waals surface area contributed by atoms with Crippen LogP contribution in [0.2, 0.25) is 15.1 Å². The summed E-state index contributed by atoms with van der Waals surface area (Å²) in [5.74, 6) is -1.38. The van der Waals surface area contributed by atoms with Gasteiger partial charge >= 0.3 is 12.1 Å². The molecule has 2 aromatic rings. The largest absolute Gasteiger partial charge is 0.478 e. The minimum Gasteiger partial charge on any atom is -0.478 e. The van der Waals surface area contributed by atoms with E-state index in [1.165, 1.54) is 6.07 Å². The number of carboxylic acid groups (broad SMARTS) is 1. The van der Waals surface area contributed by atoms with Crippen LogP contribution in [0.1, 0.15) is 15.9 Å². The van der Waals surface area contributed by atoms with E-state index in [1.54, 1.807) is 24.3 Å². The third-order valence-electron chi connectivity index (χ3n) is 2.83. The predicted octanol–water partition coefficient (Wildman–Crippen LogP) is 5.09. The van der Waals surface area contributed by atoms with Crippen LogP contribution in [0.25, 0.3) is 0 Å². The summed E-state index contributed by atoms with van der Waals surface area (Å²) in [7, 11) is 0. The Morgan fingerprint density at radius 1 is 1.09 bits per heavy atom. The predicted molar refractivity (Wildman–Crippen MR) is 88.7 cm³/mol. The smallest absolute Gasteiger partial charge is 0.412 e. The number of rotatable bonds is 4. The highest BCUT2D eigenvalue weighted by atomic mass is 35.5. The molecule has 5 nitrogen and oxygen atoms in total. The Bertz CT molecular complexity index is 750. The quantitative estimate of drug-likeness (QED) is 0.731. The van der Waals surface area contributed by atoms with Gasteiger partial charge in [0.1, 0.15) is 12.2 Å². The van der Waals surface area contributed by atoms with Crippen LogP contribution in [-0.4, -0.2) is 17.2 Å². The first kappa shape index (κ1) is 17.4. The molecule has 0 aliphatic carbocycles. The van der Waals surface area contributed by atoms with Crippen LogP contribution in [0.15, 0.2) is 36.4 Å². The molecule has 2 rings (SSSR count). The number of carbonyl (C=O) groups excluding carboxylic acids is 1. The van der Waals surface area contributed by atoms with Crippen molar-refractivity contribution in [2.24, 2.45) is 0 Å². The highest BCUT2D eigenvalue weighted by Gasteiger charge is 2.22. The zero-order chi connectivity index (χ0) is 17.0. The van der Waals surface area contributed by atoms with E-state index in [2.05, 4.69) is 5.32 Å². The van der Waals surface area contributed by atoms with Gasteiger partial charge in [0.2, 0.25) is 0 Å². The van der Waals surface area contributed by atoms with Crippen molar-refractivity contribution in [2.75, 3.05) is 5.32 Å². The van der Waals surface area contributed by atoms with E-state index in [1.807, 2.05) is 6.07 Å². The number of hydrogen-bond donors (Lipinski definition) is 2. The fraction of sp³-hybridized carbons (Fsp3) is 0.0667. The summed E-state index contributed by atoms with van der Waals surface area (Å²) >= 11 is 17.6. The number of carbonyl (C=O) groups is 2. The molecular weight excluding hydrogens is 365 g/mol. The Hall–Kier alpha value is -1.95. The van der Waals surface area contributed by atoms with Gasteiger partial charge in [-0.1, -0.05) is 65.1 Å². The lowest BCUT2D eigenvalue weighted by Crippen LogP contribution is -2.17. The lowest BCUT2D eigenvalue weighted by molar-refractivity contribution is 0.0698. The molecule has 0 spiro atoms. The van der Waals surface area contributed by atoms with Crippen molar-refractivity contribution in [3.05, 3.63) is 62.6 Å². The number of aromatic carboxylic acids is 1. The number of anilines is 1. The molecule has 0 radical (unpaired) electrons. The summed E-state index contributed by atoms with van der Waals surface area (Å²) in [6, 6.07) is 10.2. The molecule has 0 aromatic heterocycles. The maximum atomic E-state index is 11.8. The molecule has 0 bridgehead atoms. The monoisotopic (exact) mass is 373 g/mol. The number of amides is 1. The minimum atomic E-state index is -1.38. The maximum Gasteiger partial charge on any atom is 0.412 e. The van der Waals surface area contributed by atoms with Gasteiger partial charge in [-0.25, -0.2) is 9.59 Å². The van der Waals surface area contributed by atoms with E-state index < -0.39 is 17.6 Å². The molecule has 0 aliphatic heterocycles. The molecular formula is C15H10Cl3NO4. The molecule has 8 heteroatoms. The van der Waals surface area contributed by atoms with Crippen molar-refractivity contribution in [1.29, 1.82) is 0 Å². The third kappa shape index (κ3) is 4.28. The second kappa shape index (κ2) is 7.55. The number of benzene rings is 2. The van der Waals surface area contributed by atoms with Crippen molar-refractivity contribution in [3.8, 4) is 0 Å². The van der Waals surface area contributed by atoms with Crippen molar-refractivity contribution >= 4 is 52.6 Å². The Labute approximate surface area is 146 Å². The molecule has 1 amide bonds. The summed E-state index contributed by atoms with van der Waals surface area (Å²) in [5.41, 5.74) is 0.203. The Morgan fingerprint density at radius 3 is 2.35 bits per heavy atom. The Kier molecular flexibility index (Phi) is 5.71. The van der Waals surface area contributed by atoms with Gasteiger partial charge in [0.05, 0.1) is 20.8 Å². The standard InChI is InChI=1S/C15H10Cl3NO4/c16-9-6-10(17)13(11(12(9)18)14(20)21)19-15(22)23-7-8-4-2-1-3-5-8/h1-6H,7H2,(H,19,22)(H,20,21). The number of carboxylic acids is 1. The average Bonchev–Trinajstić information content (AvgIpc) is 2.51. The van der Waals surface area contributed by atoms with E-state index in [0.717, 1.165) is 5.56 Å². The van der Waals surface area contributed by atoms with Crippen LogP contribution >= 0.6 is 34.8 Å². The first-order valence-corrected chi connectivity index (χ1v) is 7.42. The van der Waals surface area contributed by atoms with Gasteiger partial charge in [0, 0.05) is 0 Å². The van der Waals surface area contributed by atoms with Crippen LogP contribution in [0.5, 0.6) is 0 Å². The summed E-state index contributed by atoms with van der Waals surface area (Å²) in [6.07, 6.45) is -0.864. The molecule has 0 saturated carbocycles. The highest BCUT2D eigenvalue weighted by Crippen LogP contribution is 2.37. The zero-order valence-corrected chi connectivity index (χ0v) is 13.7. The van der Waals surface area contributed by atoms with Gasteiger partial charge in [0.15, 0.2) is 0 Å². The first-order valence-electron chi connectivity index (χ1n) is 6.28. The zero-order valence-electron chi connectivity index (χ0n) is 11.5. The Morgan fingerprint density at radius 2 is 1.74 bits per heavy atom. The molecule has 120 valence electrons. The highest BCUT2D eigenvalue weighted by molar-refractivity contribution is 6.46. The topological polar surface area (TPSA) is 75.6 Å². The van der Waals surface area contributed by atoms with Gasteiger partial charge in [0.25, 0.3) is 0 Å². The molecule has 0 atom stereocenters.